The molecule has 4 nitrogen and oxygen atoms in total. The van der Waals surface area contributed by atoms with E-state index in [2.05, 4.69) is 21.0 Å². The summed E-state index contributed by atoms with van der Waals surface area (Å²) in [6.07, 6.45) is -3.76. The number of hydrogen-bond acceptors (Lipinski definition) is 3. The van der Waals surface area contributed by atoms with E-state index in [1.54, 1.807) is 29.2 Å². The Morgan fingerprint density at radius 3 is 2.76 bits per heavy atom. The lowest BCUT2D eigenvalue weighted by Gasteiger charge is -2.15. The molecule has 0 aliphatic carbocycles. The highest BCUT2D eigenvalue weighted by molar-refractivity contribution is 9.10. The summed E-state index contributed by atoms with van der Waals surface area (Å²) in [5, 5.41) is 13.0. The van der Waals surface area contributed by atoms with Crippen LogP contribution in [0.2, 0.25) is 0 Å². The summed E-state index contributed by atoms with van der Waals surface area (Å²) >= 11 is 3.28. The van der Waals surface area contributed by atoms with Crippen molar-refractivity contribution >= 4 is 15.9 Å². The van der Waals surface area contributed by atoms with Crippen molar-refractivity contribution < 1.29 is 23.0 Å². The zero-order valence-corrected chi connectivity index (χ0v) is 12.3. The molecule has 8 heteroatoms. The lowest BCUT2D eigenvalue weighted by molar-refractivity contribution is -0.210. The predicted molar refractivity (Wildman–Crippen MR) is 73.0 cm³/mol. The smallest absolute Gasteiger partial charge is 0.417 e. The first-order valence-corrected chi connectivity index (χ1v) is 6.78. The lowest BCUT2D eigenvalue weighted by Crippen LogP contribution is -2.34. The van der Waals surface area contributed by atoms with Gasteiger partial charge in [-0.05, 0) is 33.6 Å². The molecule has 0 aliphatic heterocycles. The zero-order chi connectivity index (χ0) is 15.5. The molecule has 0 aliphatic rings. The standard InChI is InChI=1S/C13H12BrF3N2O2/c14-10-5-18-19(7-10)6-9-2-1-3-11(4-9)21-8-12(20)13(15,16)17/h1-5,7,12,20H,6,8H2. The van der Waals surface area contributed by atoms with Crippen LogP contribution in [0.3, 0.4) is 0 Å². The van der Waals surface area contributed by atoms with Crippen molar-refractivity contribution in [1.82, 2.24) is 9.78 Å². The van der Waals surface area contributed by atoms with Crippen LogP contribution in [0, 0.1) is 0 Å². The van der Waals surface area contributed by atoms with Crippen molar-refractivity contribution in [2.45, 2.75) is 18.8 Å². The maximum Gasteiger partial charge on any atom is 0.417 e. The second-order valence-corrected chi connectivity index (χ2v) is 5.29. The van der Waals surface area contributed by atoms with Crippen molar-refractivity contribution in [2.75, 3.05) is 6.61 Å². The van der Waals surface area contributed by atoms with E-state index in [9.17, 15) is 13.2 Å². The predicted octanol–water partition coefficient (Wildman–Crippen LogP) is 3.00. The van der Waals surface area contributed by atoms with Crippen molar-refractivity contribution in [1.29, 1.82) is 0 Å². The molecule has 0 radical (unpaired) electrons. The van der Waals surface area contributed by atoms with Gasteiger partial charge in [0.25, 0.3) is 0 Å². The van der Waals surface area contributed by atoms with Crippen LogP contribution in [0.15, 0.2) is 41.1 Å². The van der Waals surface area contributed by atoms with E-state index in [0.717, 1.165) is 10.0 Å². The van der Waals surface area contributed by atoms with Crippen LogP contribution in [-0.4, -0.2) is 33.8 Å². The highest BCUT2D eigenvalue weighted by Gasteiger charge is 2.38. The van der Waals surface area contributed by atoms with E-state index in [4.69, 9.17) is 9.84 Å². The van der Waals surface area contributed by atoms with Crippen molar-refractivity contribution in [3.05, 3.63) is 46.7 Å². The van der Waals surface area contributed by atoms with Crippen LogP contribution in [0.5, 0.6) is 5.75 Å². The molecule has 1 N–H and O–H groups in total. The molecular formula is C13H12BrF3N2O2. The number of alkyl halides is 3. The molecule has 114 valence electrons. The van der Waals surface area contributed by atoms with Gasteiger partial charge in [-0.3, -0.25) is 4.68 Å². The maximum absolute atomic E-state index is 12.2. The van der Waals surface area contributed by atoms with Crippen LogP contribution < -0.4 is 4.74 Å². The molecule has 0 amide bonds. The fourth-order valence-electron chi connectivity index (χ4n) is 1.62. The van der Waals surface area contributed by atoms with Gasteiger partial charge in [-0.2, -0.15) is 18.3 Å². The Morgan fingerprint density at radius 1 is 1.38 bits per heavy atom. The SMILES string of the molecule is OC(COc1cccc(Cn2cc(Br)cn2)c1)C(F)(F)F. The first-order chi connectivity index (χ1) is 9.84. The Morgan fingerprint density at radius 2 is 2.14 bits per heavy atom. The largest absolute Gasteiger partial charge is 0.491 e. The third-order valence-corrected chi connectivity index (χ3v) is 3.04. The summed E-state index contributed by atoms with van der Waals surface area (Å²) in [4.78, 5) is 0. The number of benzene rings is 1. The molecule has 1 unspecified atom stereocenters. The van der Waals surface area contributed by atoms with E-state index in [-0.39, 0.29) is 5.75 Å². The number of rotatable bonds is 5. The molecule has 0 bridgehead atoms. The molecule has 0 saturated heterocycles. The van der Waals surface area contributed by atoms with Gasteiger partial charge < -0.3 is 9.84 Å². The summed E-state index contributed by atoms with van der Waals surface area (Å²) in [6.45, 7) is -0.370. The second-order valence-electron chi connectivity index (χ2n) is 4.37. The van der Waals surface area contributed by atoms with Gasteiger partial charge in [0.15, 0.2) is 6.10 Å². The summed E-state index contributed by atoms with van der Waals surface area (Å²) in [6, 6.07) is 6.62. The second kappa shape index (κ2) is 6.48. The van der Waals surface area contributed by atoms with Crippen LogP contribution in [0.4, 0.5) is 13.2 Å². The average molecular weight is 365 g/mol. The molecule has 21 heavy (non-hydrogen) atoms. The first kappa shape index (κ1) is 15.8. The minimum absolute atomic E-state index is 0.266. The van der Waals surface area contributed by atoms with Gasteiger partial charge in [0, 0.05) is 6.20 Å². The Bertz CT molecular complexity index is 601. The number of aliphatic hydroxyl groups is 1. The van der Waals surface area contributed by atoms with Crippen molar-refractivity contribution in [2.24, 2.45) is 0 Å². The fourth-order valence-corrected chi connectivity index (χ4v) is 1.94. The fraction of sp³-hybridized carbons (Fsp3) is 0.308. The van der Waals surface area contributed by atoms with E-state index in [1.165, 1.54) is 6.07 Å². The number of hydrogen-bond donors (Lipinski definition) is 1. The first-order valence-electron chi connectivity index (χ1n) is 5.99. The Hall–Kier alpha value is -1.54. The highest BCUT2D eigenvalue weighted by atomic mass is 79.9. The van der Waals surface area contributed by atoms with Gasteiger partial charge in [-0.15, -0.1) is 0 Å². The number of halogens is 4. The summed E-state index contributed by atoms with van der Waals surface area (Å²) in [5.74, 6) is 0.266. The molecule has 1 atom stereocenters. The summed E-state index contributed by atoms with van der Waals surface area (Å²) < 4.78 is 44.0. The Labute approximate surface area is 127 Å². The molecule has 0 saturated carbocycles. The van der Waals surface area contributed by atoms with E-state index in [1.807, 2.05) is 6.07 Å². The molecular weight excluding hydrogens is 353 g/mol. The third-order valence-electron chi connectivity index (χ3n) is 2.63. The minimum atomic E-state index is -4.68. The van der Waals surface area contributed by atoms with Crippen molar-refractivity contribution in [3.63, 3.8) is 0 Å². The maximum atomic E-state index is 12.2. The van der Waals surface area contributed by atoms with Gasteiger partial charge in [0.05, 0.1) is 17.2 Å². The Kier molecular flexibility index (Phi) is 4.89. The molecule has 0 fully saturated rings. The number of aromatic nitrogens is 2. The highest BCUT2D eigenvalue weighted by Crippen LogP contribution is 2.22. The summed E-state index contributed by atoms with van der Waals surface area (Å²) in [5.41, 5.74) is 0.824. The quantitative estimate of drug-likeness (QED) is 0.886. The number of nitrogens with zero attached hydrogens (tertiary/aromatic N) is 2. The van der Waals surface area contributed by atoms with Crippen LogP contribution in [0.1, 0.15) is 5.56 Å². The van der Waals surface area contributed by atoms with E-state index >= 15 is 0 Å². The summed E-state index contributed by atoms with van der Waals surface area (Å²) in [7, 11) is 0. The minimum Gasteiger partial charge on any atom is -0.491 e. The van der Waals surface area contributed by atoms with Crippen LogP contribution in [-0.2, 0) is 6.54 Å². The third kappa shape index (κ3) is 4.75. The van der Waals surface area contributed by atoms with E-state index < -0.39 is 18.9 Å². The number of aliphatic hydroxyl groups excluding tert-OH is 1. The zero-order valence-electron chi connectivity index (χ0n) is 10.7. The average Bonchev–Trinajstić information content (AvgIpc) is 2.80. The van der Waals surface area contributed by atoms with Crippen molar-refractivity contribution in [3.8, 4) is 5.75 Å². The normalized spacial score (nSPS) is 13.2. The van der Waals surface area contributed by atoms with Gasteiger partial charge in [0.2, 0.25) is 0 Å². The lowest BCUT2D eigenvalue weighted by atomic mass is 10.2. The molecule has 2 aromatic rings. The molecule has 0 spiro atoms. The molecule has 1 aromatic heterocycles. The van der Waals surface area contributed by atoms with E-state index in [0.29, 0.717) is 6.54 Å². The topological polar surface area (TPSA) is 47.3 Å². The Balaban J connectivity index is 1.98. The van der Waals surface area contributed by atoms with Gasteiger partial charge >= 0.3 is 6.18 Å². The van der Waals surface area contributed by atoms with Gasteiger partial charge in [0.1, 0.15) is 12.4 Å². The van der Waals surface area contributed by atoms with Crippen LogP contribution in [0.25, 0.3) is 0 Å². The monoisotopic (exact) mass is 364 g/mol. The molecule has 2 rings (SSSR count). The van der Waals surface area contributed by atoms with Crippen LogP contribution >= 0.6 is 15.9 Å². The van der Waals surface area contributed by atoms with Gasteiger partial charge in [-0.25, -0.2) is 0 Å². The number of ether oxygens (including phenoxy) is 1. The van der Waals surface area contributed by atoms with Gasteiger partial charge in [-0.1, -0.05) is 12.1 Å². The molecule has 1 heterocycles. The molecule has 1 aromatic carbocycles.